The van der Waals surface area contributed by atoms with Crippen LogP contribution < -0.4 is 10.6 Å². The van der Waals surface area contributed by atoms with Gasteiger partial charge < -0.3 is 20.5 Å². The molecule has 1 fully saturated rings. The summed E-state index contributed by atoms with van der Waals surface area (Å²) in [6, 6.07) is -0.210. The van der Waals surface area contributed by atoms with Gasteiger partial charge in [-0.3, -0.25) is 4.79 Å². The Morgan fingerprint density at radius 1 is 1.56 bits per heavy atom. The summed E-state index contributed by atoms with van der Waals surface area (Å²) in [5.41, 5.74) is 0. The quantitative estimate of drug-likeness (QED) is 0.545. The number of methoxy groups -OCH3 is 1. The van der Waals surface area contributed by atoms with Crippen molar-refractivity contribution in [3.05, 3.63) is 0 Å². The van der Waals surface area contributed by atoms with Gasteiger partial charge >= 0.3 is 0 Å². The highest BCUT2D eigenvalue weighted by Gasteiger charge is 2.27. The largest absolute Gasteiger partial charge is 0.392 e. The molecule has 5 nitrogen and oxygen atoms in total. The predicted molar refractivity (Wildman–Crippen MR) is 61.1 cm³/mol. The number of aliphatic hydroxyl groups excluding tert-OH is 1. The van der Waals surface area contributed by atoms with Crippen molar-refractivity contribution < 1.29 is 14.6 Å². The van der Waals surface area contributed by atoms with Gasteiger partial charge in [-0.05, 0) is 26.2 Å². The first-order valence-corrected chi connectivity index (χ1v) is 5.86. The molecule has 0 heterocycles. The zero-order chi connectivity index (χ0) is 12.0. The second-order valence-electron chi connectivity index (χ2n) is 4.28. The normalized spacial score (nSPS) is 26.7. The van der Waals surface area contributed by atoms with Gasteiger partial charge in [-0.25, -0.2) is 0 Å². The van der Waals surface area contributed by atoms with Crippen molar-refractivity contribution in [1.29, 1.82) is 0 Å². The molecular formula is C11H22N2O3. The molecule has 1 saturated carbocycles. The average Bonchev–Trinajstić information content (AvgIpc) is 2.64. The Labute approximate surface area is 96.6 Å². The van der Waals surface area contributed by atoms with Crippen LogP contribution in [0.5, 0.6) is 0 Å². The van der Waals surface area contributed by atoms with Gasteiger partial charge in [-0.1, -0.05) is 0 Å². The fourth-order valence-electron chi connectivity index (χ4n) is 1.96. The maximum atomic E-state index is 11.6. The monoisotopic (exact) mass is 230 g/mol. The van der Waals surface area contributed by atoms with Crippen LogP contribution in [0.3, 0.4) is 0 Å². The van der Waals surface area contributed by atoms with E-state index in [1.165, 1.54) is 0 Å². The summed E-state index contributed by atoms with van der Waals surface area (Å²) in [5.74, 6) is -0.0452. The van der Waals surface area contributed by atoms with E-state index in [2.05, 4.69) is 10.6 Å². The standard InChI is InChI=1S/C11H22N2O3/c1-8(11(15)12-6-7-16-2)13-9-4-3-5-10(9)14/h8-10,13-14H,3-7H2,1-2H3,(H,12,15)/t8?,9-,10-/m1/s1. The lowest BCUT2D eigenvalue weighted by Crippen LogP contribution is -2.49. The molecule has 1 amide bonds. The van der Waals surface area contributed by atoms with Gasteiger partial charge in [-0.2, -0.15) is 0 Å². The van der Waals surface area contributed by atoms with E-state index in [1.54, 1.807) is 7.11 Å². The van der Waals surface area contributed by atoms with Crippen molar-refractivity contribution in [3.63, 3.8) is 0 Å². The molecule has 1 rings (SSSR count). The number of hydrogen-bond donors (Lipinski definition) is 3. The van der Waals surface area contributed by atoms with Gasteiger partial charge in [0.2, 0.25) is 5.91 Å². The number of rotatable bonds is 6. The van der Waals surface area contributed by atoms with Crippen molar-refractivity contribution in [2.45, 2.75) is 44.4 Å². The Kier molecular flexibility index (Phi) is 5.73. The predicted octanol–water partition coefficient (Wildman–Crippen LogP) is -0.359. The lowest BCUT2D eigenvalue weighted by molar-refractivity contribution is -0.123. The van der Waals surface area contributed by atoms with Crippen LogP contribution in [0.4, 0.5) is 0 Å². The maximum Gasteiger partial charge on any atom is 0.236 e. The van der Waals surface area contributed by atoms with Crippen molar-refractivity contribution in [2.75, 3.05) is 20.3 Å². The first-order chi connectivity index (χ1) is 7.65. The van der Waals surface area contributed by atoms with E-state index in [9.17, 15) is 9.90 Å². The van der Waals surface area contributed by atoms with E-state index in [0.717, 1.165) is 19.3 Å². The maximum absolute atomic E-state index is 11.6. The molecule has 94 valence electrons. The molecule has 0 spiro atoms. The van der Waals surface area contributed by atoms with Crippen molar-refractivity contribution in [3.8, 4) is 0 Å². The van der Waals surface area contributed by atoms with Crippen molar-refractivity contribution >= 4 is 5.91 Å². The van der Waals surface area contributed by atoms with E-state index in [0.29, 0.717) is 13.2 Å². The van der Waals surface area contributed by atoms with Crippen molar-refractivity contribution in [1.82, 2.24) is 10.6 Å². The van der Waals surface area contributed by atoms with Gasteiger partial charge in [0.1, 0.15) is 0 Å². The highest BCUT2D eigenvalue weighted by atomic mass is 16.5. The number of carbonyl (C=O) groups is 1. The Morgan fingerprint density at radius 2 is 2.31 bits per heavy atom. The summed E-state index contributed by atoms with van der Waals surface area (Å²) >= 11 is 0. The van der Waals surface area contributed by atoms with Gasteiger partial charge in [-0.15, -0.1) is 0 Å². The molecule has 0 radical (unpaired) electrons. The number of aliphatic hydroxyl groups is 1. The molecule has 3 atom stereocenters. The molecule has 1 unspecified atom stereocenters. The molecule has 0 saturated heterocycles. The molecule has 0 aromatic carbocycles. The van der Waals surface area contributed by atoms with Crippen LogP contribution in [0.2, 0.25) is 0 Å². The lowest BCUT2D eigenvalue weighted by Gasteiger charge is -2.21. The third-order valence-electron chi connectivity index (χ3n) is 2.94. The van der Waals surface area contributed by atoms with Gasteiger partial charge in [0.25, 0.3) is 0 Å². The van der Waals surface area contributed by atoms with Crippen LogP contribution in [-0.2, 0) is 9.53 Å². The Hall–Kier alpha value is -0.650. The van der Waals surface area contributed by atoms with Crippen molar-refractivity contribution in [2.24, 2.45) is 0 Å². The van der Waals surface area contributed by atoms with Crippen LogP contribution in [0.15, 0.2) is 0 Å². The minimum Gasteiger partial charge on any atom is -0.392 e. The second-order valence-corrected chi connectivity index (χ2v) is 4.28. The minimum atomic E-state index is -0.311. The van der Waals surface area contributed by atoms with E-state index >= 15 is 0 Å². The van der Waals surface area contributed by atoms with E-state index in [4.69, 9.17) is 4.74 Å². The summed E-state index contributed by atoms with van der Waals surface area (Å²) < 4.78 is 4.85. The van der Waals surface area contributed by atoms with Crippen LogP contribution in [0.25, 0.3) is 0 Å². The number of nitrogens with one attached hydrogen (secondary N) is 2. The van der Waals surface area contributed by atoms with Crippen LogP contribution in [-0.4, -0.2) is 49.5 Å². The van der Waals surface area contributed by atoms with E-state index < -0.39 is 0 Å². The highest BCUT2D eigenvalue weighted by Crippen LogP contribution is 2.19. The van der Waals surface area contributed by atoms with E-state index in [1.807, 2.05) is 6.92 Å². The fourth-order valence-corrected chi connectivity index (χ4v) is 1.96. The third-order valence-corrected chi connectivity index (χ3v) is 2.94. The number of hydrogen-bond acceptors (Lipinski definition) is 4. The topological polar surface area (TPSA) is 70.6 Å². The van der Waals surface area contributed by atoms with Gasteiger partial charge in [0.15, 0.2) is 0 Å². The second kappa shape index (κ2) is 6.83. The van der Waals surface area contributed by atoms with Gasteiger partial charge in [0.05, 0.1) is 18.8 Å². The van der Waals surface area contributed by atoms with Crippen LogP contribution in [0.1, 0.15) is 26.2 Å². The molecule has 0 aliphatic heterocycles. The molecule has 1 aliphatic rings. The highest BCUT2D eigenvalue weighted by molar-refractivity contribution is 5.81. The molecule has 1 aliphatic carbocycles. The Morgan fingerprint density at radius 3 is 2.88 bits per heavy atom. The van der Waals surface area contributed by atoms with E-state index in [-0.39, 0.29) is 24.1 Å². The summed E-state index contributed by atoms with van der Waals surface area (Å²) in [7, 11) is 1.60. The Bertz CT molecular complexity index is 223. The average molecular weight is 230 g/mol. The molecule has 0 aromatic rings. The molecule has 16 heavy (non-hydrogen) atoms. The minimum absolute atomic E-state index is 0.0452. The number of ether oxygens (including phenoxy) is 1. The number of amides is 1. The molecule has 0 aromatic heterocycles. The first-order valence-electron chi connectivity index (χ1n) is 5.86. The number of carbonyl (C=O) groups excluding carboxylic acids is 1. The summed E-state index contributed by atoms with van der Waals surface area (Å²) in [6.45, 7) is 2.85. The zero-order valence-corrected chi connectivity index (χ0v) is 10.0. The summed E-state index contributed by atoms with van der Waals surface area (Å²) in [4.78, 5) is 11.6. The summed E-state index contributed by atoms with van der Waals surface area (Å²) in [5, 5.41) is 15.5. The van der Waals surface area contributed by atoms with Gasteiger partial charge in [0, 0.05) is 19.7 Å². The Balaban J connectivity index is 2.22. The third kappa shape index (κ3) is 4.08. The molecular weight excluding hydrogens is 208 g/mol. The first kappa shape index (κ1) is 13.4. The SMILES string of the molecule is COCCNC(=O)C(C)N[C@@H]1CCC[C@H]1O. The molecule has 5 heteroatoms. The van der Waals surface area contributed by atoms with Crippen LogP contribution in [0, 0.1) is 0 Å². The smallest absolute Gasteiger partial charge is 0.236 e. The van der Waals surface area contributed by atoms with Crippen LogP contribution >= 0.6 is 0 Å². The molecule has 0 bridgehead atoms. The molecule has 3 N–H and O–H groups in total. The fraction of sp³-hybridized carbons (Fsp3) is 0.909. The lowest BCUT2D eigenvalue weighted by atomic mass is 10.2. The summed E-state index contributed by atoms with van der Waals surface area (Å²) in [6.07, 6.45) is 2.48. The zero-order valence-electron chi connectivity index (χ0n) is 10.0.